The van der Waals surface area contributed by atoms with E-state index in [9.17, 15) is 4.79 Å². The number of carbonyl (C=O) groups is 1. The van der Waals surface area contributed by atoms with Crippen LogP contribution in [0.2, 0.25) is 0 Å². The smallest absolute Gasteiger partial charge is 0.252 e. The molecule has 5 heteroatoms. The number of nitrogens with two attached hydrogens (primary N) is 1. The SMILES string of the molecule is NC(=O)c1cnccc1N1CCN(C2CC3CCC2C3)CC1. The fraction of sp³-hybridized carbons (Fsp3) is 0.647. The third-order valence-electron chi connectivity index (χ3n) is 5.89. The lowest BCUT2D eigenvalue weighted by molar-refractivity contribution is 0.0999. The Hall–Kier alpha value is -1.62. The van der Waals surface area contributed by atoms with Crippen LogP contribution in [0, 0.1) is 11.8 Å². The van der Waals surface area contributed by atoms with E-state index in [2.05, 4.69) is 14.8 Å². The zero-order valence-corrected chi connectivity index (χ0v) is 12.9. The van der Waals surface area contributed by atoms with Crippen molar-refractivity contribution in [1.82, 2.24) is 9.88 Å². The first-order valence-corrected chi connectivity index (χ1v) is 8.45. The number of nitrogens with zero attached hydrogens (tertiary/aromatic N) is 3. The van der Waals surface area contributed by atoms with Gasteiger partial charge in [0.25, 0.3) is 5.91 Å². The molecule has 1 amide bonds. The van der Waals surface area contributed by atoms with Crippen LogP contribution in [0.1, 0.15) is 36.0 Å². The van der Waals surface area contributed by atoms with Crippen LogP contribution in [-0.4, -0.2) is 48.0 Å². The minimum absolute atomic E-state index is 0.390. The molecular weight excluding hydrogens is 276 g/mol. The van der Waals surface area contributed by atoms with Gasteiger partial charge >= 0.3 is 0 Å². The first kappa shape index (κ1) is 14.0. The molecule has 1 saturated heterocycles. The van der Waals surface area contributed by atoms with Crippen LogP contribution in [0.25, 0.3) is 0 Å². The summed E-state index contributed by atoms with van der Waals surface area (Å²) in [5.74, 6) is 1.55. The number of aromatic nitrogens is 1. The van der Waals surface area contributed by atoms with E-state index in [4.69, 9.17) is 5.73 Å². The molecule has 2 bridgehead atoms. The molecule has 3 atom stereocenters. The van der Waals surface area contributed by atoms with E-state index < -0.39 is 5.91 Å². The third kappa shape index (κ3) is 2.37. The summed E-state index contributed by atoms with van der Waals surface area (Å²) in [6, 6.07) is 2.72. The maximum atomic E-state index is 11.6. The van der Waals surface area contributed by atoms with Crippen LogP contribution in [0.4, 0.5) is 5.69 Å². The quantitative estimate of drug-likeness (QED) is 0.919. The summed E-state index contributed by atoms with van der Waals surface area (Å²) in [5.41, 5.74) is 6.95. The fourth-order valence-corrected chi connectivity index (χ4v) is 4.81. The lowest BCUT2D eigenvalue weighted by atomic mass is 9.93. The van der Waals surface area contributed by atoms with E-state index in [1.807, 2.05) is 6.07 Å². The van der Waals surface area contributed by atoms with Crippen molar-refractivity contribution in [2.24, 2.45) is 17.6 Å². The second-order valence-corrected chi connectivity index (χ2v) is 7.02. The summed E-state index contributed by atoms with van der Waals surface area (Å²) in [6.45, 7) is 4.12. The number of fused-ring (bicyclic) bond motifs is 2. The number of primary amides is 1. The van der Waals surface area contributed by atoms with Gasteiger partial charge in [-0.05, 0) is 37.2 Å². The molecular formula is C17H24N4O. The van der Waals surface area contributed by atoms with E-state index in [-0.39, 0.29) is 0 Å². The van der Waals surface area contributed by atoms with Gasteiger partial charge in [0, 0.05) is 44.6 Å². The standard InChI is InChI=1S/C17H24N4O/c18-17(22)14-11-19-4-3-15(14)20-5-7-21(8-6-20)16-10-12-1-2-13(16)9-12/h3-4,11-13,16H,1-2,5-10H2,(H2,18,22). The number of hydrogen-bond acceptors (Lipinski definition) is 4. The number of amides is 1. The molecule has 2 N–H and O–H groups in total. The highest BCUT2D eigenvalue weighted by molar-refractivity contribution is 5.98. The van der Waals surface area contributed by atoms with Gasteiger partial charge in [-0.15, -0.1) is 0 Å². The Labute approximate surface area is 131 Å². The van der Waals surface area contributed by atoms with Crippen LogP contribution >= 0.6 is 0 Å². The van der Waals surface area contributed by atoms with Crippen molar-refractivity contribution in [3.8, 4) is 0 Å². The van der Waals surface area contributed by atoms with Crippen molar-refractivity contribution in [3.63, 3.8) is 0 Å². The Morgan fingerprint density at radius 2 is 2.00 bits per heavy atom. The zero-order valence-electron chi connectivity index (χ0n) is 12.9. The highest BCUT2D eigenvalue weighted by atomic mass is 16.1. The van der Waals surface area contributed by atoms with Gasteiger partial charge in [0.2, 0.25) is 0 Å². The summed E-state index contributed by atoms with van der Waals surface area (Å²) in [7, 11) is 0. The molecule has 1 aliphatic heterocycles. The first-order chi connectivity index (χ1) is 10.7. The fourth-order valence-electron chi connectivity index (χ4n) is 4.81. The number of hydrogen-bond donors (Lipinski definition) is 1. The van der Waals surface area contributed by atoms with Gasteiger partial charge < -0.3 is 10.6 Å². The molecule has 5 nitrogen and oxygen atoms in total. The van der Waals surface area contributed by atoms with E-state index in [0.717, 1.165) is 49.7 Å². The Balaban J connectivity index is 1.43. The lowest BCUT2D eigenvalue weighted by Gasteiger charge is -2.42. The highest BCUT2D eigenvalue weighted by Gasteiger charge is 2.42. The summed E-state index contributed by atoms with van der Waals surface area (Å²) >= 11 is 0. The average Bonchev–Trinajstić information content (AvgIpc) is 3.18. The molecule has 4 rings (SSSR count). The van der Waals surface area contributed by atoms with Crippen molar-refractivity contribution in [3.05, 3.63) is 24.0 Å². The van der Waals surface area contributed by atoms with E-state index in [1.165, 1.54) is 25.7 Å². The predicted molar refractivity (Wildman–Crippen MR) is 85.8 cm³/mol. The minimum atomic E-state index is -0.390. The van der Waals surface area contributed by atoms with E-state index in [1.54, 1.807) is 12.4 Å². The summed E-state index contributed by atoms with van der Waals surface area (Å²) in [4.78, 5) is 20.6. The molecule has 1 aromatic heterocycles. The van der Waals surface area contributed by atoms with Crippen molar-refractivity contribution in [1.29, 1.82) is 0 Å². The zero-order chi connectivity index (χ0) is 15.1. The molecule has 22 heavy (non-hydrogen) atoms. The summed E-state index contributed by atoms with van der Waals surface area (Å²) in [6.07, 6.45) is 9.09. The monoisotopic (exact) mass is 300 g/mol. The molecule has 118 valence electrons. The van der Waals surface area contributed by atoms with Crippen LogP contribution in [0.3, 0.4) is 0 Å². The topological polar surface area (TPSA) is 62.5 Å². The number of pyridine rings is 1. The Morgan fingerprint density at radius 3 is 2.64 bits per heavy atom. The van der Waals surface area contributed by atoms with Gasteiger partial charge in [-0.1, -0.05) is 6.42 Å². The van der Waals surface area contributed by atoms with Crippen LogP contribution in [0.15, 0.2) is 18.5 Å². The number of piperazine rings is 1. The van der Waals surface area contributed by atoms with Crippen LogP contribution in [0.5, 0.6) is 0 Å². The van der Waals surface area contributed by atoms with Gasteiger partial charge in [0.05, 0.1) is 11.3 Å². The maximum absolute atomic E-state index is 11.6. The van der Waals surface area contributed by atoms with E-state index in [0.29, 0.717) is 5.56 Å². The minimum Gasteiger partial charge on any atom is -0.368 e. The molecule has 3 unspecified atom stereocenters. The molecule has 2 saturated carbocycles. The van der Waals surface area contributed by atoms with Crippen molar-refractivity contribution in [2.75, 3.05) is 31.1 Å². The largest absolute Gasteiger partial charge is 0.368 e. The molecule has 1 aromatic rings. The van der Waals surface area contributed by atoms with Crippen molar-refractivity contribution < 1.29 is 4.79 Å². The molecule has 2 heterocycles. The van der Waals surface area contributed by atoms with Gasteiger partial charge in [0.1, 0.15) is 0 Å². The van der Waals surface area contributed by atoms with Crippen molar-refractivity contribution in [2.45, 2.75) is 31.7 Å². The molecule has 0 radical (unpaired) electrons. The van der Waals surface area contributed by atoms with E-state index >= 15 is 0 Å². The summed E-state index contributed by atoms with van der Waals surface area (Å²) < 4.78 is 0. The first-order valence-electron chi connectivity index (χ1n) is 8.45. The predicted octanol–water partition coefficient (Wildman–Crippen LogP) is 1.49. The number of rotatable bonds is 3. The molecule has 3 aliphatic rings. The number of carbonyl (C=O) groups excluding carboxylic acids is 1. The molecule has 0 spiro atoms. The molecule has 2 aliphatic carbocycles. The van der Waals surface area contributed by atoms with Crippen LogP contribution < -0.4 is 10.6 Å². The second-order valence-electron chi connectivity index (χ2n) is 7.02. The Morgan fingerprint density at radius 1 is 1.18 bits per heavy atom. The second kappa shape index (κ2) is 5.54. The molecule has 3 fully saturated rings. The summed E-state index contributed by atoms with van der Waals surface area (Å²) in [5, 5.41) is 0. The maximum Gasteiger partial charge on any atom is 0.252 e. The van der Waals surface area contributed by atoms with Crippen LogP contribution in [-0.2, 0) is 0 Å². The third-order valence-corrected chi connectivity index (χ3v) is 5.89. The Bertz CT molecular complexity index is 568. The van der Waals surface area contributed by atoms with Gasteiger partial charge in [-0.2, -0.15) is 0 Å². The number of anilines is 1. The normalized spacial score (nSPS) is 31.6. The van der Waals surface area contributed by atoms with Crippen molar-refractivity contribution >= 4 is 11.6 Å². The molecule has 0 aromatic carbocycles. The lowest BCUT2D eigenvalue weighted by Crippen LogP contribution is -2.52. The van der Waals surface area contributed by atoms with Gasteiger partial charge in [-0.3, -0.25) is 14.7 Å². The average molecular weight is 300 g/mol. The van der Waals surface area contributed by atoms with Gasteiger partial charge in [0.15, 0.2) is 0 Å². The Kier molecular flexibility index (Phi) is 3.53. The highest BCUT2D eigenvalue weighted by Crippen LogP contribution is 2.46. The van der Waals surface area contributed by atoms with Gasteiger partial charge in [-0.25, -0.2) is 0 Å².